The van der Waals surface area contributed by atoms with Gasteiger partial charge in [-0.05, 0) is 32.4 Å². The van der Waals surface area contributed by atoms with Gasteiger partial charge in [0.05, 0.1) is 12.3 Å². The lowest BCUT2D eigenvalue weighted by Crippen LogP contribution is -2.53. The lowest BCUT2D eigenvalue weighted by atomic mass is 10.1. The van der Waals surface area contributed by atoms with Crippen molar-refractivity contribution in [3.8, 4) is 0 Å². The molecular weight excluding hydrogens is 348 g/mol. The Hall–Kier alpha value is -2.45. The van der Waals surface area contributed by atoms with Gasteiger partial charge >= 0.3 is 5.97 Å². The Bertz CT molecular complexity index is 764. The van der Waals surface area contributed by atoms with Gasteiger partial charge in [-0.25, -0.2) is 4.79 Å². The first kappa shape index (κ1) is 19.3. The quantitative estimate of drug-likeness (QED) is 0.731. The highest BCUT2D eigenvalue weighted by Gasteiger charge is 2.29. The summed E-state index contributed by atoms with van der Waals surface area (Å²) in [6.07, 6.45) is 1.98. The fourth-order valence-electron chi connectivity index (χ4n) is 3.30. The third-order valence-electron chi connectivity index (χ3n) is 4.63. The molecule has 3 rings (SSSR count). The second-order valence-electron chi connectivity index (χ2n) is 6.59. The zero-order valence-corrected chi connectivity index (χ0v) is 15.8. The minimum atomic E-state index is -0.483. The van der Waals surface area contributed by atoms with E-state index >= 15 is 0 Å². The molecule has 1 fully saturated rings. The third kappa shape index (κ3) is 4.84. The van der Waals surface area contributed by atoms with Crippen molar-refractivity contribution in [3.05, 3.63) is 41.5 Å². The molecule has 0 spiro atoms. The molecule has 0 saturated carbocycles. The zero-order chi connectivity index (χ0) is 19.2. The SMILES string of the molecule is CCOC(=O)c1coc(N2CCN(Cc3cccc(C)n3)C(CCO)C2)n1. The van der Waals surface area contributed by atoms with Gasteiger partial charge in [-0.1, -0.05) is 6.07 Å². The van der Waals surface area contributed by atoms with Crippen molar-refractivity contribution < 1.29 is 19.1 Å². The Balaban J connectivity index is 1.67. The number of carbonyl (C=O) groups excluding carboxylic acids is 1. The molecule has 2 aromatic heterocycles. The van der Waals surface area contributed by atoms with Crippen LogP contribution in [0.3, 0.4) is 0 Å². The Kier molecular flexibility index (Phi) is 6.41. The van der Waals surface area contributed by atoms with E-state index in [9.17, 15) is 9.90 Å². The van der Waals surface area contributed by atoms with Gasteiger partial charge in [-0.15, -0.1) is 0 Å². The van der Waals surface area contributed by atoms with Crippen LogP contribution in [0.2, 0.25) is 0 Å². The number of aromatic nitrogens is 2. The first-order valence-corrected chi connectivity index (χ1v) is 9.25. The molecular formula is C19H26N4O4. The van der Waals surface area contributed by atoms with Crippen LogP contribution in [0.5, 0.6) is 0 Å². The summed E-state index contributed by atoms with van der Waals surface area (Å²) in [5.74, 6) is -0.483. The largest absolute Gasteiger partial charge is 0.461 e. The van der Waals surface area contributed by atoms with E-state index in [2.05, 4.69) is 14.9 Å². The van der Waals surface area contributed by atoms with E-state index in [1.54, 1.807) is 6.92 Å². The van der Waals surface area contributed by atoms with Crippen LogP contribution in [0.4, 0.5) is 6.01 Å². The van der Waals surface area contributed by atoms with Crippen molar-refractivity contribution in [2.24, 2.45) is 0 Å². The van der Waals surface area contributed by atoms with Crippen LogP contribution in [0, 0.1) is 6.92 Å². The number of ether oxygens (including phenoxy) is 1. The van der Waals surface area contributed by atoms with Gasteiger partial charge in [0.15, 0.2) is 5.69 Å². The van der Waals surface area contributed by atoms with E-state index in [1.165, 1.54) is 6.26 Å². The molecule has 8 heteroatoms. The van der Waals surface area contributed by atoms with Crippen LogP contribution < -0.4 is 4.90 Å². The number of aliphatic hydroxyl groups is 1. The van der Waals surface area contributed by atoms with Crippen LogP contribution in [-0.4, -0.2) is 64.8 Å². The highest BCUT2D eigenvalue weighted by molar-refractivity contribution is 5.87. The summed E-state index contributed by atoms with van der Waals surface area (Å²) in [4.78, 5) is 24.9. The number of nitrogens with zero attached hydrogens (tertiary/aromatic N) is 4. The summed E-state index contributed by atoms with van der Waals surface area (Å²) in [6.45, 7) is 7.04. The maximum absolute atomic E-state index is 11.8. The summed E-state index contributed by atoms with van der Waals surface area (Å²) in [5.41, 5.74) is 2.19. The van der Waals surface area contributed by atoms with Crippen molar-refractivity contribution in [1.29, 1.82) is 0 Å². The zero-order valence-electron chi connectivity index (χ0n) is 15.8. The van der Waals surface area contributed by atoms with E-state index in [1.807, 2.05) is 30.0 Å². The summed E-state index contributed by atoms with van der Waals surface area (Å²) in [7, 11) is 0. The van der Waals surface area contributed by atoms with Crippen LogP contribution in [0.1, 0.15) is 35.2 Å². The molecule has 0 radical (unpaired) electrons. The molecule has 146 valence electrons. The fraction of sp³-hybridized carbons (Fsp3) is 0.526. The van der Waals surface area contributed by atoms with Gasteiger partial charge < -0.3 is 19.2 Å². The smallest absolute Gasteiger partial charge is 0.360 e. The molecule has 0 aliphatic carbocycles. The number of esters is 1. The highest BCUT2D eigenvalue weighted by Crippen LogP contribution is 2.22. The maximum Gasteiger partial charge on any atom is 0.360 e. The molecule has 27 heavy (non-hydrogen) atoms. The Labute approximate surface area is 158 Å². The number of aliphatic hydroxyl groups excluding tert-OH is 1. The topological polar surface area (TPSA) is 91.9 Å². The van der Waals surface area contributed by atoms with E-state index in [0.29, 0.717) is 25.6 Å². The number of oxazole rings is 1. The molecule has 0 aromatic carbocycles. The normalized spacial score (nSPS) is 17.9. The number of rotatable bonds is 7. The molecule has 1 unspecified atom stereocenters. The Morgan fingerprint density at radius 1 is 1.37 bits per heavy atom. The molecule has 2 aromatic rings. The molecule has 8 nitrogen and oxygen atoms in total. The monoisotopic (exact) mass is 374 g/mol. The van der Waals surface area contributed by atoms with Crippen LogP contribution in [-0.2, 0) is 11.3 Å². The molecule has 1 aliphatic heterocycles. The van der Waals surface area contributed by atoms with E-state index < -0.39 is 5.97 Å². The van der Waals surface area contributed by atoms with Crippen molar-refractivity contribution >= 4 is 12.0 Å². The minimum Gasteiger partial charge on any atom is -0.461 e. The molecule has 1 saturated heterocycles. The Morgan fingerprint density at radius 3 is 2.96 bits per heavy atom. The lowest BCUT2D eigenvalue weighted by molar-refractivity contribution is 0.0519. The second-order valence-corrected chi connectivity index (χ2v) is 6.59. The van der Waals surface area contributed by atoms with Crippen molar-refractivity contribution in [2.45, 2.75) is 32.9 Å². The first-order chi connectivity index (χ1) is 13.1. The summed E-state index contributed by atoms with van der Waals surface area (Å²) < 4.78 is 10.4. The summed E-state index contributed by atoms with van der Waals surface area (Å²) >= 11 is 0. The number of anilines is 1. The van der Waals surface area contributed by atoms with Gasteiger partial charge in [-0.3, -0.25) is 9.88 Å². The van der Waals surface area contributed by atoms with Gasteiger partial charge in [0.2, 0.25) is 0 Å². The molecule has 1 N–H and O–H groups in total. The standard InChI is InChI=1S/C19H26N4O4/c1-3-26-18(25)17-13-27-19(21-17)23-9-8-22(16(12-23)7-10-24)11-15-6-4-5-14(2)20-15/h4-6,13,16,24H,3,7-12H2,1-2H3. The number of pyridine rings is 1. The average molecular weight is 374 g/mol. The average Bonchev–Trinajstić information content (AvgIpc) is 3.14. The molecule has 3 heterocycles. The van der Waals surface area contributed by atoms with E-state index in [0.717, 1.165) is 31.0 Å². The predicted octanol–water partition coefficient (Wildman–Crippen LogP) is 1.63. The molecule has 1 atom stereocenters. The molecule has 0 bridgehead atoms. The van der Waals surface area contributed by atoms with Gasteiger partial charge in [0, 0.05) is 44.5 Å². The van der Waals surface area contributed by atoms with Crippen molar-refractivity contribution in [1.82, 2.24) is 14.9 Å². The minimum absolute atomic E-state index is 0.107. The summed E-state index contributed by atoms with van der Waals surface area (Å²) in [6, 6.07) is 6.57. The van der Waals surface area contributed by atoms with Gasteiger partial charge in [0.25, 0.3) is 6.01 Å². The number of carbonyl (C=O) groups is 1. The van der Waals surface area contributed by atoms with Crippen LogP contribution in [0.15, 0.2) is 28.9 Å². The highest BCUT2D eigenvalue weighted by atomic mass is 16.5. The van der Waals surface area contributed by atoms with Crippen LogP contribution in [0.25, 0.3) is 0 Å². The number of piperazine rings is 1. The maximum atomic E-state index is 11.8. The first-order valence-electron chi connectivity index (χ1n) is 9.25. The van der Waals surface area contributed by atoms with E-state index in [-0.39, 0.29) is 18.3 Å². The van der Waals surface area contributed by atoms with Crippen molar-refractivity contribution in [2.75, 3.05) is 37.7 Å². The predicted molar refractivity (Wildman–Crippen MR) is 99.5 cm³/mol. The third-order valence-corrected chi connectivity index (χ3v) is 4.63. The Morgan fingerprint density at radius 2 is 2.22 bits per heavy atom. The number of aryl methyl sites for hydroxylation is 1. The van der Waals surface area contributed by atoms with E-state index in [4.69, 9.17) is 9.15 Å². The summed E-state index contributed by atoms with van der Waals surface area (Å²) in [5, 5.41) is 9.48. The van der Waals surface area contributed by atoms with Crippen molar-refractivity contribution in [3.63, 3.8) is 0 Å². The van der Waals surface area contributed by atoms with Gasteiger partial charge in [0.1, 0.15) is 6.26 Å². The number of hydrogen-bond acceptors (Lipinski definition) is 8. The molecule has 1 aliphatic rings. The number of hydrogen-bond donors (Lipinski definition) is 1. The molecule has 0 amide bonds. The fourth-order valence-corrected chi connectivity index (χ4v) is 3.30. The van der Waals surface area contributed by atoms with Gasteiger partial charge in [-0.2, -0.15) is 4.98 Å². The lowest BCUT2D eigenvalue weighted by Gasteiger charge is -2.40. The van der Waals surface area contributed by atoms with Crippen LogP contribution >= 0.6 is 0 Å². The second kappa shape index (κ2) is 8.96.